The Morgan fingerprint density at radius 2 is 1.33 bits per heavy atom. The second kappa shape index (κ2) is 19.8. The second-order valence-electron chi connectivity index (χ2n) is 3.70. The number of rotatable bonds is 5. The standard InChI is InChI=1S/C8H11N.3C3H4O2/c1-2-5-8-6-3-4-7-9-8;3*1-2-3(4)5/h3-4,6-7H,2,5H2,1H3;3*2H,1H2,(H,4,5). The summed E-state index contributed by atoms with van der Waals surface area (Å²) < 4.78 is 0. The number of carboxylic acid groups (broad SMARTS) is 3. The molecule has 0 saturated heterocycles. The number of aliphatic carboxylic acids is 3. The van der Waals surface area contributed by atoms with Gasteiger partial charge in [-0.1, -0.05) is 39.1 Å². The van der Waals surface area contributed by atoms with E-state index in [4.69, 9.17) is 15.3 Å². The van der Waals surface area contributed by atoms with Crippen LogP contribution < -0.4 is 0 Å². The van der Waals surface area contributed by atoms with Crippen LogP contribution in [0, 0.1) is 0 Å². The summed E-state index contributed by atoms with van der Waals surface area (Å²) in [6.07, 6.45) is 6.61. The number of hydrogen-bond donors (Lipinski definition) is 3. The van der Waals surface area contributed by atoms with E-state index in [2.05, 4.69) is 37.7 Å². The fourth-order valence-electron chi connectivity index (χ4n) is 0.802. The van der Waals surface area contributed by atoms with Crippen LogP contribution >= 0.6 is 0 Å². The van der Waals surface area contributed by atoms with Crippen molar-refractivity contribution < 1.29 is 29.7 Å². The van der Waals surface area contributed by atoms with E-state index in [1.54, 1.807) is 0 Å². The molecular weight excluding hydrogens is 314 g/mol. The van der Waals surface area contributed by atoms with Gasteiger partial charge in [0.2, 0.25) is 0 Å². The zero-order valence-corrected chi connectivity index (χ0v) is 13.6. The lowest BCUT2D eigenvalue weighted by Gasteiger charge is -1.92. The molecule has 0 saturated carbocycles. The molecule has 7 heteroatoms. The van der Waals surface area contributed by atoms with Crippen LogP contribution in [0.5, 0.6) is 0 Å². The summed E-state index contributed by atoms with van der Waals surface area (Å²) in [5, 5.41) is 22.8. The van der Waals surface area contributed by atoms with E-state index in [0.29, 0.717) is 0 Å². The molecule has 132 valence electrons. The maximum absolute atomic E-state index is 9.25. The molecule has 0 aliphatic rings. The second-order valence-corrected chi connectivity index (χ2v) is 3.70. The molecule has 0 aliphatic carbocycles. The van der Waals surface area contributed by atoms with E-state index in [1.165, 1.54) is 12.1 Å². The summed E-state index contributed by atoms with van der Waals surface area (Å²) in [5.74, 6) is -2.94. The highest BCUT2D eigenvalue weighted by molar-refractivity contribution is 5.79. The molecule has 7 nitrogen and oxygen atoms in total. The van der Waals surface area contributed by atoms with E-state index in [9.17, 15) is 14.4 Å². The van der Waals surface area contributed by atoms with Gasteiger partial charge in [0.1, 0.15) is 0 Å². The van der Waals surface area contributed by atoms with Crippen LogP contribution in [0.25, 0.3) is 0 Å². The first-order valence-corrected chi connectivity index (χ1v) is 6.71. The van der Waals surface area contributed by atoms with Gasteiger partial charge in [0, 0.05) is 30.1 Å². The molecule has 24 heavy (non-hydrogen) atoms. The summed E-state index contributed by atoms with van der Waals surface area (Å²) in [5.41, 5.74) is 1.19. The molecule has 0 spiro atoms. The van der Waals surface area contributed by atoms with Crippen LogP contribution in [0.3, 0.4) is 0 Å². The van der Waals surface area contributed by atoms with Crippen LogP contribution in [0.4, 0.5) is 0 Å². The van der Waals surface area contributed by atoms with Gasteiger partial charge in [-0.25, -0.2) is 14.4 Å². The molecule has 0 amide bonds. The van der Waals surface area contributed by atoms with Crippen molar-refractivity contribution in [2.24, 2.45) is 0 Å². The first-order chi connectivity index (χ1) is 11.2. The average molecular weight is 337 g/mol. The third-order valence-electron chi connectivity index (χ3n) is 1.76. The highest BCUT2D eigenvalue weighted by Crippen LogP contribution is 1.95. The van der Waals surface area contributed by atoms with Gasteiger partial charge >= 0.3 is 17.9 Å². The Hall–Kier alpha value is -3.22. The van der Waals surface area contributed by atoms with Crippen LogP contribution in [-0.4, -0.2) is 38.2 Å². The molecule has 1 aromatic rings. The van der Waals surface area contributed by atoms with Crippen molar-refractivity contribution in [1.82, 2.24) is 4.98 Å². The Morgan fingerprint density at radius 1 is 0.958 bits per heavy atom. The highest BCUT2D eigenvalue weighted by atomic mass is 16.4. The van der Waals surface area contributed by atoms with Gasteiger partial charge in [0.05, 0.1) is 0 Å². The van der Waals surface area contributed by atoms with Crippen LogP contribution in [0.1, 0.15) is 19.0 Å². The third kappa shape index (κ3) is 31.3. The number of aryl methyl sites for hydroxylation is 1. The lowest BCUT2D eigenvalue weighted by atomic mass is 10.2. The van der Waals surface area contributed by atoms with E-state index in [-0.39, 0.29) is 0 Å². The summed E-state index contributed by atoms with van der Waals surface area (Å²) >= 11 is 0. The summed E-state index contributed by atoms with van der Waals surface area (Å²) in [6, 6.07) is 6.03. The molecule has 0 bridgehead atoms. The lowest BCUT2D eigenvalue weighted by Crippen LogP contribution is -1.84. The largest absolute Gasteiger partial charge is 0.478 e. The Bertz CT molecular complexity index is 468. The van der Waals surface area contributed by atoms with E-state index >= 15 is 0 Å². The van der Waals surface area contributed by atoms with E-state index < -0.39 is 17.9 Å². The van der Waals surface area contributed by atoms with Gasteiger partial charge < -0.3 is 15.3 Å². The van der Waals surface area contributed by atoms with Crippen LogP contribution in [0.2, 0.25) is 0 Å². The third-order valence-corrected chi connectivity index (χ3v) is 1.76. The quantitative estimate of drug-likeness (QED) is 0.705. The van der Waals surface area contributed by atoms with Crippen molar-refractivity contribution in [3.63, 3.8) is 0 Å². The maximum Gasteiger partial charge on any atom is 0.327 e. The molecule has 1 heterocycles. The van der Waals surface area contributed by atoms with Crippen molar-refractivity contribution in [3.05, 3.63) is 68.1 Å². The Kier molecular flexibility index (Phi) is 21.2. The first kappa shape index (κ1) is 25.7. The van der Waals surface area contributed by atoms with Crippen LogP contribution in [-0.2, 0) is 20.8 Å². The molecule has 1 rings (SSSR count). The van der Waals surface area contributed by atoms with Gasteiger partial charge in [-0.15, -0.1) is 0 Å². The van der Waals surface area contributed by atoms with Crippen molar-refractivity contribution >= 4 is 17.9 Å². The van der Waals surface area contributed by atoms with E-state index in [1.807, 2.05) is 18.3 Å². The average Bonchev–Trinajstić information content (AvgIpc) is 2.57. The van der Waals surface area contributed by atoms with Gasteiger partial charge in [-0.2, -0.15) is 0 Å². The molecule has 0 atom stereocenters. The number of carbonyl (C=O) groups is 3. The predicted octanol–water partition coefficient (Wildman–Crippen LogP) is 2.81. The molecule has 0 radical (unpaired) electrons. The molecule has 0 fully saturated rings. The van der Waals surface area contributed by atoms with Gasteiger partial charge in [0.15, 0.2) is 0 Å². The number of carboxylic acids is 3. The number of pyridine rings is 1. The SMILES string of the molecule is C=CC(=O)O.C=CC(=O)O.C=CC(=O)O.CCCc1ccccn1. The minimum atomic E-state index is -0.981. The minimum absolute atomic E-state index is 0.833. The molecule has 1 aromatic heterocycles. The zero-order chi connectivity index (χ0) is 19.4. The maximum atomic E-state index is 9.25. The van der Waals surface area contributed by atoms with Crippen LogP contribution in [0.15, 0.2) is 62.4 Å². The summed E-state index contributed by atoms with van der Waals surface area (Å²) in [7, 11) is 0. The van der Waals surface area contributed by atoms with Gasteiger partial charge in [0.25, 0.3) is 0 Å². The zero-order valence-electron chi connectivity index (χ0n) is 13.6. The molecule has 0 unspecified atom stereocenters. The lowest BCUT2D eigenvalue weighted by molar-refractivity contribution is -0.132. The number of nitrogens with zero attached hydrogens (tertiary/aromatic N) is 1. The first-order valence-electron chi connectivity index (χ1n) is 6.71. The predicted molar refractivity (Wildman–Crippen MR) is 91.7 cm³/mol. The summed E-state index contributed by atoms with van der Waals surface area (Å²) in [4.78, 5) is 31.9. The Morgan fingerprint density at radius 3 is 1.54 bits per heavy atom. The number of hydrogen-bond acceptors (Lipinski definition) is 4. The smallest absolute Gasteiger partial charge is 0.327 e. The minimum Gasteiger partial charge on any atom is -0.478 e. The molecule has 3 N–H and O–H groups in total. The van der Waals surface area contributed by atoms with Gasteiger partial charge in [-0.05, 0) is 18.6 Å². The molecule has 0 aromatic carbocycles. The normalized spacial score (nSPS) is 7.54. The topological polar surface area (TPSA) is 125 Å². The molecular formula is C17H23NO6. The van der Waals surface area contributed by atoms with E-state index in [0.717, 1.165) is 24.6 Å². The Balaban J connectivity index is -0.000000259. The Labute approximate surface area is 141 Å². The van der Waals surface area contributed by atoms with Gasteiger partial charge in [-0.3, -0.25) is 4.98 Å². The van der Waals surface area contributed by atoms with Crippen molar-refractivity contribution in [3.8, 4) is 0 Å². The van der Waals surface area contributed by atoms with Crippen molar-refractivity contribution in [1.29, 1.82) is 0 Å². The summed E-state index contributed by atoms with van der Waals surface area (Å²) in [6.45, 7) is 11.0. The van der Waals surface area contributed by atoms with Crippen molar-refractivity contribution in [2.45, 2.75) is 19.8 Å². The van der Waals surface area contributed by atoms with Crippen molar-refractivity contribution in [2.75, 3.05) is 0 Å². The number of aromatic nitrogens is 1. The fraction of sp³-hybridized carbons (Fsp3) is 0.176. The fourth-order valence-corrected chi connectivity index (χ4v) is 0.802. The monoisotopic (exact) mass is 337 g/mol. The highest BCUT2D eigenvalue weighted by Gasteiger charge is 1.86. The molecule has 0 aliphatic heterocycles.